The van der Waals surface area contributed by atoms with E-state index in [0.717, 1.165) is 10.4 Å². The fraction of sp³-hybridized carbons (Fsp3) is 0.174. The molecule has 13 heteroatoms. The van der Waals surface area contributed by atoms with Gasteiger partial charge in [0.15, 0.2) is 0 Å². The van der Waals surface area contributed by atoms with Gasteiger partial charge in [0.1, 0.15) is 12.3 Å². The van der Waals surface area contributed by atoms with E-state index < -0.39 is 32.3 Å². The molecule has 0 aliphatic heterocycles. The van der Waals surface area contributed by atoms with Gasteiger partial charge in [-0.3, -0.25) is 29.3 Å². The molecule has 0 atom stereocenters. The van der Waals surface area contributed by atoms with E-state index in [2.05, 4.69) is 5.32 Å². The monoisotopic (exact) mass is 514 g/mol. The Kier molecular flexibility index (Phi) is 7.53. The second-order valence-corrected chi connectivity index (χ2v) is 9.58. The van der Waals surface area contributed by atoms with Gasteiger partial charge >= 0.3 is 0 Å². The number of aryl methyl sites for hydroxylation is 2. The summed E-state index contributed by atoms with van der Waals surface area (Å²) < 4.78 is 33.0. The molecule has 0 heterocycles. The number of carbonyl (C=O) groups is 1. The van der Waals surface area contributed by atoms with E-state index in [1.807, 2.05) is 0 Å². The van der Waals surface area contributed by atoms with Crippen molar-refractivity contribution in [2.75, 3.05) is 23.3 Å². The highest BCUT2D eigenvalue weighted by molar-refractivity contribution is 7.92. The summed E-state index contributed by atoms with van der Waals surface area (Å²) in [4.78, 5) is 33.7. The summed E-state index contributed by atoms with van der Waals surface area (Å²) >= 11 is 0. The van der Waals surface area contributed by atoms with Gasteiger partial charge in [-0.1, -0.05) is 12.1 Å². The number of hydrogen-bond acceptors (Lipinski definition) is 8. The second kappa shape index (κ2) is 10.4. The molecule has 188 valence electrons. The lowest BCUT2D eigenvalue weighted by molar-refractivity contribution is -0.385. The molecule has 0 aliphatic carbocycles. The first kappa shape index (κ1) is 26.1. The van der Waals surface area contributed by atoms with E-state index in [1.165, 1.54) is 68.6 Å². The van der Waals surface area contributed by atoms with Crippen molar-refractivity contribution in [2.45, 2.75) is 18.7 Å². The van der Waals surface area contributed by atoms with Gasteiger partial charge in [-0.2, -0.15) is 0 Å². The van der Waals surface area contributed by atoms with Gasteiger partial charge < -0.3 is 10.1 Å². The number of nitrogens with zero attached hydrogens (tertiary/aromatic N) is 3. The van der Waals surface area contributed by atoms with Crippen molar-refractivity contribution in [2.24, 2.45) is 0 Å². The van der Waals surface area contributed by atoms with Crippen molar-refractivity contribution < 1.29 is 27.8 Å². The Bertz CT molecular complexity index is 1440. The lowest BCUT2D eigenvalue weighted by atomic mass is 10.2. The molecule has 1 amide bonds. The fourth-order valence-corrected chi connectivity index (χ4v) is 4.76. The molecule has 1 N–H and O–H groups in total. The number of amides is 1. The molecule has 0 aromatic heterocycles. The molecule has 0 saturated carbocycles. The minimum absolute atomic E-state index is 0.102. The number of nitrogens with one attached hydrogen (secondary N) is 1. The molecule has 3 aromatic rings. The lowest BCUT2D eigenvalue weighted by Gasteiger charge is -2.24. The zero-order valence-corrected chi connectivity index (χ0v) is 20.3. The maximum Gasteiger partial charge on any atom is 0.273 e. The summed E-state index contributed by atoms with van der Waals surface area (Å²) in [5.74, 6) is -0.335. The Hall–Kier alpha value is -4.52. The third-order valence-corrected chi connectivity index (χ3v) is 7.09. The van der Waals surface area contributed by atoms with Gasteiger partial charge in [0.25, 0.3) is 21.4 Å². The fourth-order valence-electron chi connectivity index (χ4n) is 3.32. The van der Waals surface area contributed by atoms with Crippen LogP contribution in [-0.4, -0.2) is 37.8 Å². The van der Waals surface area contributed by atoms with Gasteiger partial charge in [0.2, 0.25) is 5.91 Å². The van der Waals surface area contributed by atoms with Crippen molar-refractivity contribution in [3.8, 4) is 5.75 Å². The lowest BCUT2D eigenvalue weighted by Crippen LogP contribution is -2.38. The molecule has 0 bridgehead atoms. The number of nitro benzene ring substituents is 2. The van der Waals surface area contributed by atoms with Gasteiger partial charge in [-0.05, 0) is 49.7 Å². The maximum atomic E-state index is 13.6. The summed E-state index contributed by atoms with van der Waals surface area (Å²) in [5.41, 5.74) is 0.415. The molecular weight excluding hydrogens is 492 g/mol. The van der Waals surface area contributed by atoms with Gasteiger partial charge in [-0.25, -0.2) is 8.42 Å². The third-order valence-electron chi connectivity index (χ3n) is 5.32. The van der Waals surface area contributed by atoms with Crippen LogP contribution in [0.15, 0.2) is 65.6 Å². The Morgan fingerprint density at radius 2 is 1.58 bits per heavy atom. The Labute approximate surface area is 206 Å². The quantitative estimate of drug-likeness (QED) is 0.331. The van der Waals surface area contributed by atoms with Gasteiger partial charge in [-0.15, -0.1) is 0 Å². The Morgan fingerprint density at radius 3 is 2.17 bits per heavy atom. The Morgan fingerprint density at radius 1 is 0.944 bits per heavy atom. The summed E-state index contributed by atoms with van der Waals surface area (Å²) in [6, 6.07) is 13.2. The van der Waals surface area contributed by atoms with E-state index in [-0.39, 0.29) is 33.2 Å². The van der Waals surface area contributed by atoms with Crippen LogP contribution in [0.1, 0.15) is 11.1 Å². The van der Waals surface area contributed by atoms with Crippen LogP contribution >= 0.6 is 0 Å². The summed E-state index contributed by atoms with van der Waals surface area (Å²) in [7, 11) is -3.01. The highest BCUT2D eigenvalue weighted by Gasteiger charge is 2.29. The average Bonchev–Trinajstić information content (AvgIpc) is 2.83. The van der Waals surface area contributed by atoms with E-state index >= 15 is 0 Å². The number of anilines is 2. The van der Waals surface area contributed by atoms with Gasteiger partial charge in [0.05, 0.1) is 33.2 Å². The van der Waals surface area contributed by atoms with E-state index in [9.17, 15) is 33.4 Å². The number of rotatable bonds is 9. The van der Waals surface area contributed by atoms with Crippen LogP contribution in [0.4, 0.5) is 22.7 Å². The number of benzene rings is 3. The maximum absolute atomic E-state index is 13.6. The average molecular weight is 515 g/mol. The minimum Gasteiger partial charge on any atom is -0.497 e. The van der Waals surface area contributed by atoms with Crippen molar-refractivity contribution in [1.29, 1.82) is 0 Å². The number of ether oxygens (including phenoxy) is 1. The molecule has 36 heavy (non-hydrogen) atoms. The molecule has 0 unspecified atom stereocenters. The molecule has 0 radical (unpaired) electrons. The number of non-ortho nitro benzene ring substituents is 1. The molecule has 3 rings (SSSR count). The zero-order valence-electron chi connectivity index (χ0n) is 19.5. The number of sulfonamides is 1. The first-order valence-corrected chi connectivity index (χ1v) is 11.8. The smallest absolute Gasteiger partial charge is 0.273 e. The highest BCUT2D eigenvalue weighted by atomic mass is 32.2. The highest BCUT2D eigenvalue weighted by Crippen LogP contribution is 2.29. The molecular formula is C23H22N4O8S. The van der Waals surface area contributed by atoms with Crippen LogP contribution < -0.4 is 14.4 Å². The number of methoxy groups -OCH3 is 1. The van der Waals surface area contributed by atoms with E-state index in [4.69, 9.17) is 4.74 Å². The van der Waals surface area contributed by atoms with Crippen LogP contribution in [-0.2, 0) is 14.8 Å². The third kappa shape index (κ3) is 5.58. The molecule has 3 aromatic carbocycles. The summed E-state index contributed by atoms with van der Waals surface area (Å²) in [6.45, 7) is 2.39. The van der Waals surface area contributed by atoms with Crippen LogP contribution in [0.25, 0.3) is 0 Å². The predicted octanol–water partition coefficient (Wildman–Crippen LogP) is 3.96. The van der Waals surface area contributed by atoms with Crippen molar-refractivity contribution >= 4 is 38.7 Å². The topological polar surface area (TPSA) is 162 Å². The molecule has 0 aliphatic rings. The van der Waals surface area contributed by atoms with Crippen molar-refractivity contribution in [3.63, 3.8) is 0 Å². The van der Waals surface area contributed by atoms with Crippen molar-refractivity contribution in [3.05, 3.63) is 92.0 Å². The number of hydrogen-bond donors (Lipinski definition) is 1. The number of nitro groups is 2. The Balaban J connectivity index is 2.02. The largest absolute Gasteiger partial charge is 0.497 e. The first-order chi connectivity index (χ1) is 16.9. The summed E-state index contributed by atoms with van der Waals surface area (Å²) in [5, 5.41) is 25.0. The summed E-state index contributed by atoms with van der Waals surface area (Å²) in [6.07, 6.45) is 0. The predicted molar refractivity (Wildman–Crippen MR) is 132 cm³/mol. The standard InChI is InChI=1S/C23H22N4O8S/c1-15-4-6-18(26(29)30)12-21(15)24-23(28)14-25(17-7-9-19(35-3)10-8-17)36(33,34)20-11-5-16(2)22(13-20)27(31)32/h4-13H,14H2,1-3H3,(H,24,28). The van der Waals surface area contributed by atoms with Crippen LogP contribution in [0.2, 0.25) is 0 Å². The molecule has 0 saturated heterocycles. The molecule has 0 fully saturated rings. The second-order valence-electron chi connectivity index (χ2n) is 7.72. The van der Waals surface area contributed by atoms with Crippen molar-refractivity contribution in [1.82, 2.24) is 0 Å². The molecule has 0 spiro atoms. The van der Waals surface area contributed by atoms with E-state index in [1.54, 1.807) is 6.92 Å². The van der Waals surface area contributed by atoms with Crippen LogP contribution in [0.3, 0.4) is 0 Å². The van der Waals surface area contributed by atoms with Crippen LogP contribution in [0.5, 0.6) is 5.75 Å². The normalized spacial score (nSPS) is 11.0. The first-order valence-electron chi connectivity index (χ1n) is 10.4. The minimum atomic E-state index is -4.45. The van der Waals surface area contributed by atoms with E-state index in [0.29, 0.717) is 11.3 Å². The van der Waals surface area contributed by atoms with Gasteiger partial charge in [0, 0.05) is 23.8 Å². The van der Waals surface area contributed by atoms with Crippen LogP contribution in [0, 0.1) is 34.1 Å². The number of carbonyl (C=O) groups excluding carboxylic acids is 1. The molecule has 12 nitrogen and oxygen atoms in total. The zero-order chi connectivity index (χ0) is 26.6. The SMILES string of the molecule is COc1ccc(N(CC(=O)Nc2cc([N+](=O)[O-])ccc2C)S(=O)(=O)c2ccc(C)c([N+](=O)[O-])c2)cc1.